The largest absolute Gasteiger partial charge is 0.475 e. The molecule has 6 heteroatoms. The van der Waals surface area contributed by atoms with E-state index in [0.717, 1.165) is 9.35 Å². The summed E-state index contributed by atoms with van der Waals surface area (Å²) in [6.07, 6.45) is 3.15. The number of hydrogen-bond donors (Lipinski definition) is 1. The summed E-state index contributed by atoms with van der Waals surface area (Å²) < 4.78 is 2.61. The lowest BCUT2D eigenvalue weighted by Crippen LogP contribution is -2.09. The zero-order valence-corrected chi connectivity index (χ0v) is 9.96. The highest BCUT2D eigenvalue weighted by Crippen LogP contribution is 2.23. The van der Waals surface area contributed by atoms with Crippen LogP contribution in [-0.4, -0.2) is 20.6 Å². The first kappa shape index (κ1) is 10.4. The van der Waals surface area contributed by atoms with Crippen LogP contribution in [0.4, 0.5) is 0 Å². The van der Waals surface area contributed by atoms with Crippen LogP contribution in [0.5, 0.6) is 0 Å². The van der Waals surface area contributed by atoms with Gasteiger partial charge in [0.15, 0.2) is 0 Å². The summed E-state index contributed by atoms with van der Waals surface area (Å²) in [5.41, 5.74) is 0. The van der Waals surface area contributed by atoms with Crippen molar-refractivity contribution in [3.63, 3.8) is 0 Å². The molecule has 2 aromatic heterocycles. The molecule has 0 saturated carbocycles. The molecule has 0 aliphatic heterocycles. The number of aromatic nitrogens is 2. The SMILES string of the molecule is O=C(O)c1nccn1Cc1sccc1Br. The number of nitrogens with zero attached hydrogens (tertiary/aromatic N) is 2. The first-order valence-electron chi connectivity index (χ1n) is 4.15. The van der Waals surface area contributed by atoms with Crippen LogP contribution in [0.25, 0.3) is 0 Å². The number of hydrogen-bond acceptors (Lipinski definition) is 3. The van der Waals surface area contributed by atoms with Gasteiger partial charge in [-0.25, -0.2) is 9.78 Å². The van der Waals surface area contributed by atoms with Gasteiger partial charge in [0.2, 0.25) is 5.82 Å². The van der Waals surface area contributed by atoms with Gasteiger partial charge in [0.05, 0.1) is 6.54 Å². The van der Waals surface area contributed by atoms with E-state index in [1.807, 2.05) is 11.4 Å². The summed E-state index contributed by atoms with van der Waals surface area (Å²) in [7, 11) is 0. The van der Waals surface area contributed by atoms with Gasteiger partial charge >= 0.3 is 5.97 Å². The number of carbonyl (C=O) groups is 1. The Hall–Kier alpha value is -1.14. The van der Waals surface area contributed by atoms with E-state index in [9.17, 15) is 4.79 Å². The van der Waals surface area contributed by atoms with E-state index in [4.69, 9.17) is 5.11 Å². The minimum atomic E-state index is -1.01. The molecule has 2 heterocycles. The van der Waals surface area contributed by atoms with Gasteiger partial charge in [-0.15, -0.1) is 11.3 Å². The number of carboxylic acids is 1. The van der Waals surface area contributed by atoms with Gasteiger partial charge in [0.25, 0.3) is 0 Å². The zero-order valence-electron chi connectivity index (χ0n) is 7.55. The minimum Gasteiger partial charge on any atom is -0.475 e. The van der Waals surface area contributed by atoms with Crippen molar-refractivity contribution >= 4 is 33.2 Å². The fourth-order valence-corrected chi connectivity index (χ4v) is 2.70. The summed E-state index contributed by atoms with van der Waals surface area (Å²) in [5.74, 6) is -0.942. The third-order valence-corrected chi connectivity index (χ3v) is 3.82. The van der Waals surface area contributed by atoms with Gasteiger partial charge < -0.3 is 9.67 Å². The standard InChI is InChI=1S/C9H7BrN2O2S/c10-6-1-4-15-7(6)5-12-3-2-11-8(12)9(13)14/h1-4H,5H2,(H,13,14). The summed E-state index contributed by atoms with van der Waals surface area (Å²) >= 11 is 4.98. The van der Waals surface area contributed by atoms with Gasteiger partial charge in [0.1, 0.15) is 0 Å². The first-order chi connectivity index (χ1) is 7.18. The summed E-state index contributed by atoms with van der Waals surface area (Å²) in [4.78, 5) is 15.7. The molecule has 2 aromatic rings. The molecule has 15 heavy (non-hydrogen) atoms. The third-order valence-electron chi connectivity index (χ3n) is 1.91. The molecule has 0 amide bonds. The Morgan fingerprint density at radius 3 is 3.07 bits per heavy atom. The predicted octanol–water partition coefficient (Wildman–Crippen LogP) is 2.45. The first-order valence-corrected chi connectivity index (χ1v) is 5.82. The van der Waals surface area contributed by atoms with Crippen LogP contribution in [0.15, 0.2) is 28.3 Å². The van der Waals surface area contributed by atoms with Crippen molar-refractivity contribution in [1.82, 2.24) is 9.55 Å². The summed E-state index contributed by atoms with van der Waals surface area (Å²) in [5, 5.41) is 10.8. The monoisotopic (exact) mass is 286 g/mol. The van der Waals surface area contributed by atoms with Crippen LogP contribution >= 0.6 is 27.3 Å². The molecule has 2 rings (SSSR count). The lowest BCUT2D eigenvalue weighted by Gasteiger charge is -2.03. The van der Waals surface area contributed by atoms with Crippen molar-refractivity contribution in [2.24, 2.45) is 0 Å². The molecule has 1 N–H and O–H groups in total. The van der Waals surface area contributed by atoms with E-state index in [1.54, 1.807) is 22.1 Å². The molecule has 0 radical (unpaired) electrons. The number of aromatic carboxylic acids is 1. The van der Waals surface area contributed by atoms with Crippen molar-refractivity contribution in [2.45, 2.75) is 6.54 Å². The molecule has 0 aliphatic carbocycles. The Morgan fingerprint density at radius 2 is 2.47 bits per heavy atom. The maximum Gasteiger partial charge on any atom is 0.372 e. The molecule has 4 nitrogen and oxygen atoms in total. The lowest BCUT2D eigenvalue weighted by atomic mass is 10.4. The topological polar surface area (TPSA) is 55.1 Å². The van der Waals surface area contributed by atoms with Crippen molar-refractivity contribution < 1.29 is 9.90 Å². The number of halogens is 1. The van der Waals surface area contributed by atoms with Crippen LogP contribution in [0.3, 0.4) is 0 Å². The van der Waals surface area contributed by atoms with E-state index < -0.39 is 5.97 Å². The van der Waals surface area contributed by atoms with Gasteiger partial charge in [-0.05, 0) is 27.4 Å². The quantitative estimate of drug-likeness (QED) is 0.943. The average Bonchev–Trinajstić information content (AvgIpc) is 2.77. The van der Waals surface area contributed by atoms with E-state index in [1.165, 1.54) is 6.20 Å². The van der Waals surface area contributed by atoms with Crippen molar-refractivity contribution in [3.8, 4) is 0 Å². The fraction of sp³-hybridized carbons (Fsp3) is 0.111. The number of rotatable bonds is 3. The highest BCUT2D eigenvalue weighted by atomic mass is 79.9. The highest BCUT2D eigenvalue weighted by molar-refractivity contribution is 9.10. The molecule has 0 saturated heterocycles. The van der Waals surface area contributed by atoms with Crippen molar-refractivity contribution in [2.75, 3.05) is 0 Å². The minimum absolute atomic E-state index is 0.0651. The smallest absolute Gasteiger partial charge is 0.372 e. The Morgan fingerprint density at radius 1 is 1.67 bits per heavy atom. The van der Waals surface area contributed by atoms with Crippen LogP contribution in [0.2, 0.25) is 0 Å². The highest BCUT2D eigenvalue weighted by Gasteiger charge is 2.12. The molecule has 0 spiro atoms. The van der Waals surface area contributed by atoms with Crippen LogP contribution in [0.1, 0.15) is 15.5 Å². The van der Waals surface area contributed by atoms with Gasteiger partial charge in [0, 0.05) is 21.7 Å². The van der Waals surface area contributed by atoms with E-state index in [2.05, 4.69) is 20.9 Å². The maximum atomic E-state index is 10.8. The fourth-order valence-electron chi connectivity index (χ4n) is 1.23. The molecule has 78 valence electrons. The molecule has 0 bridgehead atoms. The third kappa shape index (κ3) is 2.10. The van der Waals surface area contributed by atoms with E-state index in [-0.39, 0.29) is 5.82 Å². The molecule has 0 aliphatic rings. The second-order valence-electron chi connectivity index (χ2n) is 2.88. The van der Waals surface area contributed by atoms with Crippen LogP contribution in [0, 0.1) is 0 Å². The molecule has 0 aromatic carbocycles. The molecular weight excluding hydrogens is 280 g/mol. The zero-order chi connectivity index (χ0) is 10.8. The summed E-state index contributed by atoms with van der Waals surface area (Å²) in [6.45, 7) is 0.528. The molecule has 0 fully saturated rings. The number of thiophene rings is 1. The van der Waals surface area contributed by atoms with Crippen molar-refractivity contribution in [1.29, 1.82) is 0 Å². The van der Waals surface area contributed by atoms with E-state index in [0.29, 0.717) is 6.54 Å². The second-order valence-corrected chi connectivity index (χ2v) is 4.73. The normalized spacial score (nSPS) is 10.5. The Balaban J connectivity index is 2.28. The van der Waals surface area contributed by atoms with Gasteiger partial charge in [-0.1, -0.05) is 0 Å². The molecule has 0 atom stereocenters. The van der Waals surface area contributed by atoms with Crippen molar-refractivity contribution in [3.05, 3.63) is 39.0 Å². The second kappa shape index (κ2) is 4.16. The van der Waals surface area contributed by atoms with E-state index >= 15 is 0 Å². The van der Waals surface area contributed by atoms with Gasteiger partial charge in [-0.3, -0.25) is 0 Å². The number of imidazole rings is 1. The van der Waals surface area contributed by atoms with Gasteiger partial charge in [-0.2, -0.15) is 0 Å². The summed E-state index contributed by atoms with van der Waals surface area (Å²) in [6, 6.07) is 1.94. The predicted molar refractivity (Wildman–Crippen MR) is 60.3 cm³/mol. The molecule has 0 unspecified atom stereocenters. The lowest BCUT2D eigenvalue weighted by molar-refractivity contribution is 0.0679. The Labute approximate surface area is 98.3 Å². The number of carboxylic acid groups (broad SMARTS) is 1. The maximum absolute atomic E-state index is 10.8. The van der Waals surface area contributed by atoms with Crippen LogP contribution in [-0.2, 0) is 6.54 Å². The van der Waals surface area contributed by atoms with Crippen LogP contribution < -0.4 is 0 Å². The average molecular weight is 287 g/mol. The molecular formula is C9H7BrN2O2S. The Kier molecular flexibility index (Phi) is 2.88. The Bertz CT molecular complexity index is 492.